The Morgan fingerprint density at radius 2 is 2.14 bits per heavy atom. The summed E-state index contributed by atoms with van der Waals surface area (Å²) < 4.78 is 10.1. The molecule has 5 nitrogen and oxygen atoms in total. The first kappa shape index (κ1) is 14.6. The minimum atomic E-state index is -0.382. The summed E-state index contributed by atoms with van der Waals surface area (Å²) in [6, 6.07) is 2.57. The molecule has 2 aliphatic rings. The van der Waals surface area contributed by atoms with E-state index in [4.69, 9.17) is 9.15 Å². The van der Waals surface area contributed by atoms with Crippen LogP contribution in [-0.4, -0.2) is 43.7 Å². The van der Waals surface area contributed by atoms with Gasteiger partial charge in [0.1, 0.15) is 0 Å². The average molecular weight is 292 g/mol. The molecular formula is C16H24N2O3. The van der Waals surface area contributed by atoms with Gasteiger partial charge >= 0.3 is 5.97 Å². The first-order chi connectivity index (χ1) is 10.3. The van der Waals surface area contributed by atoms with Gasteiger partial charge in [-0.1, -0.05) is 0 Å². The van der Waals surface area contributed by atoms with Crippen molar-refractivity contribution >= 4 is 5.97 Å². The largest absolute Gasteiger partial charge is 0.463 e. The molecule has 1 N–H and O–H groups in total. The van der Waals surface area contributed by atoms with Crippen LogP contribution in [0.3, 0.4) is 0 Å². The van der Waals surface area contributed by atoms with Crippen LogP contribution < -0.4 is 5.32 Å². The van der Waals surface area contributed by atoms with Crippen LogP contribution in [0.4, 0.5) is 0 Å². The third-order valence-corrected chi connectivity index (χ3v) is 4.51. The van der Waals surface area contributed by atoms with Gasteiger partial charge in [-0.2, -0.15) is 0 Å². The molecule has 1 aromatic rings. The lowest BCUT2D eigenvalue weighted by Crippen LogP contribution is -2.37. The molecule has 1 aliphatic heterocycles. The number of carbonyl (C=O) groups is 1. The first-order valence-corrected chi connectivity index (χ1v) is 7.87. The lowest BCUT2D eigenvalue weighted by Gasteiger charge is -2.30. The Labute approximate surface area is 125 Å². The Kier molecular flexibility index (Phi) is 4.60. The van der Waals surface area contributed by atoms with E-state index in [0.717, 1.165) is 37.7 Å². The van der Waals surface area contributed by atoms with Gasteiger partial charge in [-0.15, -0.1) is 0 Å². The Hall–Kier alpha value is -1.33. The standard InChI is InChI=1S/C16H24N2O3/c1-20-16(19)15-13(6-9-21-15)11-18(14-2-3-14)10-12-4-7-17-8-5-12/h6,9,12,14,17H,2-5,7-8,10-11H2,1H3. The minimum Gasteiger partial charge on any atom is -0.463 e. The molecule has 0 bridgehead atoms. The van der Waals surface area contributed by atoms with Crippen molar-refractivity contribution in [3.63, 3.8) is 0 Å². The maximum Gasteiger partial charge on any atom is 0.374 e. The highest BCUT2D eigenvalue weighted by Gasteiger charge is 2.32. The molecule has 3 rings (SSSR count). The van der Waals surface area contributed by atoms with Crippen LogP contribution in [0.1, 0.15) is 41.8 Å². The molecule has 5 heteroatoms. The molecule has 2 heterocycles. The molecule has 1 saturated heterocycles. The van der Waals surface area contributed by atoms with Gasteiger partial charge in [-0.3, -0.25) is 4.90 Å². The number of ether oxygens (including phenoxy) is 1. The van der Waals surface area contributed by atoms with Crippen molar-refractivity contribution in [3.8, 4) is 0 Å². The van der Waals surface area contributed by atoms with Gasteiger partial charge in [0.25, 0.3) is 0 Å². The maximum absolute atomic E-state index is 11.7. The van der Waals surface area contributed by atoms with E-state index in [1.54, 1.807) is 6.26 Å². The van der Waals surface area contributed by atoms with Gasteiger partial charge in [0.15, 0.2) is 0 Å². The fraction of sp³-hybridized carbons (Fsp3) is 0.688. The van der Waals surface area contributed by atoms with Crippen LogP contribution >= 0.6 is 0 Å². The summed E-state index contributed by atoms with van der Waals surface area (Å²) >= 11 is 0. The lowest BCUT2D eigenvalue weighted by atomic mass is 9.97. The second-order valence-corrected chi connectivity index (χ2v) is 6.12. The highest BCUT2D eigenvalue weighted by molar-refractivity contribution is 5.87. The normalized spacial score (nSPS) is 19.9. The molecule has 0 aromatic carbocycles. The molecule has 1 aromatic heterocycles. The molecule has 0 amide bonds. The van der Waals surface area contributed by atoms with Crippen molar-refractivity contribution < 1.29 is 13.9 Å². The van der Waals surface area contributed by atoms with E-state index in [9.17, 15) is 4.79 Å². The fourth-order valence-electron chi connectivity index (χ4n) is 3.13. The van der Waals surface area contributed by atoms with Crippen molar-refractivity contribution in [2.24, 2.45) is 5.92 Å². The number of nitrogens with one attached hydrogen (secondary N) is 1. The SMILES string of the molecule is COC(=O)c1occc1CN(CC1CCNCC1)C1CC1. The molecule has 0 radical (unpaired) electrons. The van der Waals surface area contributed by atoms with Crippen LogP contribution in [-0.2, 0) is 11.3 Å². The van der Waals surface area contributed by atoms with E-state index in [-0.39, 0.29) is 5.97 Å². The average Bonchev–Trinajstić information content (AvgIpc) is 3.27. The van der Waals surface area contributed by atoms with E-state index in [0.29, 0.717) is 11.8 Å². The third kappa shape index (κ3) is 3.66. The summed E-state index contributed by atoms with van der Waals surface area (Å²) in [6.45, 7) is 4.16. The van der Waals surface area contributed by atoms with Gasteiger partial charge in [0.05, 0.1) is 13.4 Å². The number of methoxy groups -OCH3 is 1. The van der Waals surface area contributed by atoms with Crippen molar-refractivity contribution in [2.45, 2.75) is 38.3 Å². The molecule has 0 atom stereocenters. The fourth-order valence-corrected chi connectivity index (χ4v) is 3.13. The second-order valence-electron chi connectivity index (χ2n) is 6.12. The minimum absolute atomic E-state index is 0.355. The lowest BCUT2D eigenvalue weighted by molar-refractivity contribution is 0.0561. The number of nitrogens with zero attached hydrogens (tertiary/aromatic N) is 1. The van der Waals surface area contributed by atoms with E-state index in [1.165, 1.54) is 32.8 Å². The van der Waals surface area contributed by atoms with Crippen molar-refractivity contribution in [1.82, 2.24) is 10.2 Å². The van der Waals surface area contributed by atoms with E-state index in [2.05, 4.69) is 10.2 Å². The third-order valence-electron chi connectivity index (χ3n) is 4.51. The Bertz CT molecular complexity index is 476. The maximum atomic E-state index is 11.7. The smallest absolute Gasteiger partial charge is 0.374 e. The number of esters is 1. The van der Waals surface area contributed by atoms with E-state index < -0.39 is 0 Å². The topological polar surface area (TPSA) is 54.7 Å². The number of furan rings is 1. The molecular weight excluding hydrogens is 268 g/mol. The quantitative estimate of drug-likeness (QED) is 0.813. The predicted molar refractivity (Wildman–Crippen MR) is 79.1 cm³/mol. The number of hydrogen-bond acceptors (Lipinski definition) is 5. The Morgan fingerprint density at radius 3 is 2.81 bits per heavy atom. The zero-order chi connectivity index (χ0) is 14.7. The molecule has 2 fully saturated rings. The summed E-state index contributed by atoms with van der Waals surface area (Å²) in [5.74, 6) is 0.737. The summed E-state index contributed by atoms with van der Waals surface area (Å²) in [7, 11) is 1.39. The zero-order valence-electron chi connectivity index (χ0n) is 12.6. The van der Waals surface area contributed by atoms with Crippen molar-refractivity contribution in [2.75, 3.05) is 26.7 Å². The number of carbonyl (C=O) groups excluding carboxylic acids is 1. The number of rotatable bonds is 6. The molecule has 21 heavy (non-hydrogen) atoms. The van der Waals surface area contributed by atoms with E-state index >= 15 is 0 Å². The molecule has 1 saturated carbocycles. The van der Waals surface area contributed by atoms with E-state index in [1.807, 2.05) is 6.07 Å². The van der Waals surface area contributed by atoms with Crippen LogP contribution in [0.25, 0.3) is 0 Å². The van der Waals surface area contributed by atoms with Crippen molar-refractivity contribution in [3.05, 3.63) is 23.7 Å². The summed E-state index contributed by atoms with van der Waals surface area (Å²) in [4.78, 5) is 14.2. The van der Waals surface area contributed by atoms with Gasteiger partial charge < -0.3 is 14.5 Å². The first-order valence-electron chi connectivity index (χ1n) is 7.87. The van der Waals surface area contributed by atoms with Crippen molar-refractivity contribution in [1.29, 1.82) is 0 Å². The Balaban J connectivity index is 1.65. The van der Waals surface area contributed by atoms with Crippen LogP contribution in [0, 0.1) is 5.92 Å². The second kappa shape index (κ2) is 6.62. The highest BCUT2D eigenvalue weighted by Crippen LogP contribution is 2.31. The van der Waals surface area contributed by atoms with Gasteiger partial charge in [-0.05, 0) is 50.8 Å². The summed E-state index contributed by atoms with van der Waals surface area (Å²) in [5, 5.41) is 3.42. The molecule has 0 spiro atoms. The molecule has 116 valence electrons. The monoisotopic (exact) mass is 292 g/mol. The number of piperidine rings is 1. The Morgan fingerprint density at radius 1 is 1.38 bits per heavy atom. The summed E-state index contributed by atoms with van der Waals surface area (Å²) in [6.07, 6.45) is 6.63. The summed E-state index contributed by atoms with van der Waals surface area (Å²) in [5.41, 5.74) is 0.947. The molecule has 1 aliphatic carbocycles. The number of hydrogen-bond donors (Lipinski definition) is 1. The van der Waals surface area contributed by atoms with Gasteiger partial charge in [0.2, 0.25) is 5.76 Å². The highest BCUT2D eigenvalue weighted by atomic mass is 16.5. The van der Waals surface area contributed by atoms with Crippen LogP contribution in [0.5, 0.6) is 0 Å². The van der Waals surface area contributed by atoms with Crippen LogP contribution in [0.15, 0.2) is 16.7 Å². The van der Waals surface area contributed by atoms with Gasteiger partial charge in [0, 0.05) is 24.7 Å². The zero-order valence-corrected chi connectivity index (χ0v) is 12.6. The van der Waals surface area contributed by atoms with Gasteiger partial charge in [-0.25, -0.2) is 4.79 Å². The predicted octanol–water partition coefficient (Wildman–Crippen LogP) is 2.03. The van der Waals surface area contributed by atoms with Crippen LogP contribution in [0.2, 0.25) is 0 Å². The molecule has 0 unspecified atom stereocenters.